The predicted molar refractivity (Wildman–Crippen MR) is 89.7 cm³/mol. The van der Waals surface area contributed by atoms with Crippen molar-refractivity contribution >= 4 is 14.3 Å². The lowest BCUT2D eigenvalue weighted by Crippen LogP contribution is -2.40. The van der Waals surface area contributed by atoms with E-state index in [4.69, 9.17) is 9.84 Å². The fourth-order valence-corrected chi connectivity index (χ4v) is 2.44. The van der Waals surface area contributed by atoms with Crippen molar-refractivity contribution in [1.82, 2.24) is 9.13 Å². The van der Waals surface area contributed by atoms with Crippen molar-refractivity contribution < 1.29 is 9.84 Å². The fraction of sp³-hybridized carbons (Fsp3) is 0.533. The number of aliphatic hydroxyl groups is 1. The van der Waals surface area contributed by atoms with E-state index in [0.717, 1.165) is 10.6 Å². The quantitative estimate of drug-likeness (QED) is 0.465. The minimum absolute atomic E-state index is 0.0542. The lowest BCUT2D eigenvalue weighted by Gasteiger charge is -2.16. The zero-order chi connectivity index (χ0) is 16.8. The van der Waals surface area contributed by atoms with E-state index < -0.39 is 13.8 Å². The van der Waals surface area contributed by atoms with E-state index in [1.165, 1.54) is 23.0 Å². The zero-order valence-corrected chi connectivity index (χ0v) is 14.6. The van der Waals surface area contributed by atoms with Crippen LogP contribution in [0.1, 0.15) is 5.56 Å². The highest BCUT2D eigenvalue weighted by atomic mass is 28.3. The summed E-state index contributed by atoms with van der Waals surface area (Å²) in [5.41, 5.74) is 2.27. The molecule has 1 heterocycles. The molecule has 0 aliphatic carbocycles. The molecule has 0 aliphatic heterocycles. The van der Waals surface area contributed by atoms with Crippen LogP contribution in [-0.2, 0) is 11.5 Å². The van der Waals surface area contributed by atoms with Crippen LogP contribution in [0.15, 0.2) is 27.6 Å². The van der Waals surface area contributed by atoms with Gasteiger partial charge in [-0.15, -0.1) is 5.73 Å². The predicted octanol–water partition coefficient (Wildman–Crippen LogP) is 1.25. The maximum absolute atomic E-state index is 12.2. The fourth-order valence-electron chi connectivity index (χ4n) is 1.68. The molecule has 0 saturated heterocycles. The molecule has 1 aromatic heterocycles. The highest BCUT2D eigenvalue weighted by Gasteiger charge is 2.13. The molecule has 0 atom stereocenters. The minimum atomic E-state index is -1.21. The molecule has 1 N–H and O–H groups in total. The van der Waals surface area contributed by atoms with Gasteiger partial charge in [0, 0.05) is 26.4 Å². The van der Waals surface area contributed by atoms with Crippen molar-refractivity contribution in [1.29, 1.82) is 0 Å². The molecule has 0 amide bonds. The molecule has 0 unspecified atom stereocenters. The van der Waals surface area contributed by atoms with Crippen molar-refractivity contribution in [2.45, 2.75) is 39.3 Å². The van der Waals surface area contributed by atoms with Crippen LogP contribution in [0.25, 0.3) is 6.20 Å². The van der Waals surface area contributed by atoms with Gasteiger partial charge in [-0.05, 0) is 19.0 Å². The third-order valence-electron chi connectivity index (χ3n) is 3.01. The van der Waals surface area contributed by atoms with Crippen LogP contribution in [-0.4, -0.2) is 35.5 Å². The van der Waals surface area contributed by atoms with E-state index in [0.29, 0.717) is 12.2 Å². The summed E-state index contributed by atoms with van der Waals surface area (Å²) in [4.78, 5) is 24.3. The van der Waals surface area contributed by atoms with E-state index in [1.54, 1.807) is 6.92 Å². The summed E-state index contributed by atoms with van der Waals surface area (Å²) in [5, 5.41) is 8.68. The molecular formula is C15H24N2O4Si. The number of hydrogen-bond donors (Lipinski definition) is 1. The second-order valence-corrected chi connectivity index (χ2v) is 11.9. The SMILES string of the molecule is Cc1cn(C=C=CCO)c(=O)n(COCC[Si](C)(C)C)c1=O. The molecular weight excluding hydrogens is 300 g/mol. The Balaban J connectivity index is 2.97. The number of rotatable bonds is 7. The summed E-state index contributed by atoms with van der Waals surface area (Å²) in [7, 11) is -1.21. The average Bonchev–Trinajstić information content (AvgIpc) is 2.42. The molecule has 1 rings (SSSR count). The molecule has 122 valence electrons. The summed E-state index contributed by atoms with van der Waals surface area (Å²) in [5.74, 6) is 0. The van der Waals surface area contributed by atoms with E-state index in [-0.39, 0.29) is 18.9 Å². The highest BCUT2D eigenvalue weighted by molar-refractivity contribution is 6.76. The lowest BCUT2D eigenvalue weighted by atomic mass is 10.4. The first kappa shape index (κ1) is 18.4. The molecule has 7 heteroatoms. The topological polar surface area (TPSA) is 73.5 Å². The Bertz CT molecular complexity index is 676. The zero-order valence-electron chi connectivity index (χ0n) is 13.6. The van der Waals surface area contributed by atoms with Gasteiger partial charge in [0.15, 0.2) is 0 Å². The van der Waals surface area contributed by atoms with Crippen molar-refractivity contribution in [2.24, 2.45) is 0 Å². The Morgan fingerprint density at radius 3 is 2.64 bits per heavy atom. The number of aryl methyl sites for hydroxylation is 1. The normalized spacial score (nSPS) is 11.1. The first-order valence-electron chi connectivity index (χ1n) is 7.18. The Morgan fingerprint density at radius 2 is 2.05 bits per heavy atom. The first-order chi connectivity index (χ1) is 10.3. The van der Waals surface area contributed by atoms with E-state index >= 15 is 0 Å². The summed E-state index contributed by atoms with van der Waals surface area (Å²) >= 11 is 0. The molecule has 6 nitrogen and oxygen atoms in total. The second kappa shape index (κ2) is 8.10. The second-order valence-electron chi connectivity index (χ2n) is 6.27. The molecule has 0 saturated carbocycles. The lowest BCUT2D eigenvalue weighted by molar-refractivity contribution is 0.0809. The Hall–Kier alpha value is -1.66. The third-order valence-corrected chi connectivity index (χ3v) is 4.71. The average molecular weight is 324 g/mol. The largest absolute Gasteiger partial charge is 0.392 e. The number of hydrogen-bond acceptors (Lipinski definition) is 4. The van der Waals surface area contributed by atoms with Crippen LogP contribution in [0.5, 0.6) is 0 Å². The number of ether oxygens (including phenoxy) is 1. The van der Waals surface area contributed by atoms with Crippen molar-refractivity contribution in [3.8, 4) is 0 Å². The molecule has 22 heavy (non-hydrogen) atoms. The van der Waals surface area contributed by atoms with Gasteiger partial charge in [-0.25, -0.2) is 9.36 Å². The molecule has 1 aromatic rings. The monoisotopic (exact) mass is 324 g/mol. The van der Waals surface area contributed by atoms with Crippen LogP contribution in [0.4, 0.5) is 0 Å². The smallest absolute Gasteiger partial charge is 0.337 e. The van der Waals surface area contributed by atoms with Gasteiger partial charge in [0.2, 0.25) is 0 Å². The first-order valence-corrected chi connectivity index (χ1v) is 10.9. The number of aromatic nitrogens is 2. The van der Waals surface area contributed by atoms with Gasteiger partial charge in [0.25, 0.3) is 5.56 Å². The van der Waals surface area contributed by atoms with E-state index in [2.05, 4.69) is 25.4 Å². The molecule has 0 aromatic carbocycles. The molecule has 0 aliphatic rings. The van der Waals surface area contributed by atoms with Gasteiger partial charge >= 0.3 is 5.69 Å². The molecule has 0 spiro atoms. The minimum Gasteiger partial charge on any atom is -0.392 e. The molecule has 0 fully saturated rings. The van der Waals surface area contributed by atoms with Crippen molar-refractivity contribution in [3.05, 3.63) is 44.4 Å². The summed E-state index contributed by atoms with van der Waals surface area (Å²) in [6, 6.07) is 0.973. The van der Waals surface area contributed by atoms with Gasteiger partial charge < -0.3 is 9.84 Å². The number of aliphatic hydroxyl groups excluding tert-OH is 1. The summed E-state index contributed by atoms with van der Waals surface area (Å²) in [6.45, 7) is 8.67. The maximum Gasteiger partial charge on any atom is 0.337 e. The maximum atomic E-state index is 12.2. The van der Waals surface area contributed by atoms with Crippen LogP contribution in [0.2, 0.25) is 25.7 Å². The van der Waals surface area contributed by atoms with Crippen LogP contribution < -0.4 is 11.2 Å². The van der Waals surface area contributed by atoms with Crippen molar-refractivity contribution in [3.63, 3.8) is 0 Å². The van der Waals surface area contributed by atoms with Gasteiger partial charge in [0.1, 0.15) is 6.73 Å². The Morgan fingerprint density at radius 1 is 1.36 bits per heavy atom. The summed E-state index contributed by atoms with van der Waals surface area (Å²) < 4.78 is 7.82. The van der Waals surface area contributed by atoms with Gasteiger partial charge in [0.05, 0.1) is 12.8 Å². The number of nitrogens with zero attached hydrogens (tertiary/aromatic N) is 2. The van der Waals surface area contributed by atoms with Gasteiger partial charge in [-0.1, -0.05) is 19.6 Å². The Labute approximate surface area is 131 Å². The third kappa shape index (κ3) is 5.61. The van der Waals surface area contributed by atoms with Crippen LogP contribution in [0.3, 0.4) is 0 Å². The highest BCUT2D eigenvalue weighted by Crippen LogP contribution is 2.07. The van der Waals surface area contributed by atoms with E-state index in [9.17, 15) is 9.59 Å². The summed E-state index contributed by atoms with van der Waals surface area (Å²) in [6.07, 6.45) is 4.20. The van der Waals surface area contributed by atoms with Crippen LogP contribution >= 0.6 is 0 Å². The van der Waals surface area contributed by atoms with E-state index in [1.807, 2.05) is 0 Å². The standard InChI is InChI=1S/C15H24N2O4Si/c1-13-11-16(7-5-6-8-18)15(20)17(14(13)19)12-21-9-10-22(2,3)4/h6-7,11,18H,8-10,12H2,1-4H3. The van der Waals surface area contributed by atoms with Crippen LogP contribution in [0, 0.1) is 6.92 Å². The molecule has 0 bridgehead atoms. The molecule has 0 radical (unpaired) electrons. The van der Waals surface area contributed by atoms with Gasteiger partial charge in [-0.2, -0.15) is 0 Å². The Kier molecular flexibility index (Phi) is 6.77. The van der Waals surface area contributed by atoms with Gasteiger partial charge in [-0.3, -0.25) is 9.36 Å². The van der Waals surface area contributed by atoms with Crippen molar-refractivity contribution in [2.75, 3.05) is 13.2 Å².